The second kappa shape index (κ2) is 5.42. The summed E-state index contributed by atoms with van der Waals surface area (Å²) in [5.41, 5.74) is 1.71. The number of allylic oxidation sites excluding steroid dienone is 2. The number of hydrogen-bond acceptors (Lipinski definition) is 2. The van der Waals surface area contributed by atoms with Crippen LogP contribution in [0, 0.1) is 35.0 Å². The second-order valence-corrected chi connectivity index (χ2v) is 9.38. The molecule has 0 saturated heterocycles. The van der Waals surface area contributed by atoms with Crippen molar-refractivity contribution in [2.24, 2.45) is 35.0 Å². The highest BCUT2D eigenvalue weighted by molar-refractivity contribution is 5.91. The Morgan fingerprint density at radius 2 is 2.16 bits per heavy atom. The fourth-order valence-electron chi connectivity index (χ4n) is 7.56. The Morgan fingerprint density at radius 1 is 1.28 bits per heavy atom. The van der Waals surface area contributed by atoms with Crippen molar-refractivity contribution in [1.82, 2.24) is 0 Å². The molecule has 5 aliphatic rings. The van der Waals surface area contributed by atoms with E-state index in [0.29, 0.717) is 17.6 Å². The summed E-state index contributed by atoms with van der Waals surface area (Å²) in [5, 5.41) is 0. The van der Waals surface area contributed by atoms with E-state index in [9.17, 15) is 4.79 Å². The van der Waals surface area contributed by atoms with Crippen LogP contribution < -0.4 is 0 Å². The number of fused-ring (bicyclic) bond motifs is 6. The number of hydrogen-bond donors (Lipinski definition) is 0. The molecule has 5 rings (SSSR count). The molecule has 2 heteroatoms. The van der Waals surface area contributed by atoms with Crippen molar-refractivity contribution in [2.75, 3.05) is 6.61 Å². The molecule has 4 unspecified atom stereocenters. The summed E-state index contributed by atoms with van der Waals surface area (Å²) < 4.78 is 6.35. The molecule has 1 aliphatic heterocycles. The number of carbonyl (C=O) groups excluding carboxylic acids is 1. The minimum atomic E-state index is -0.00694. The summed E-state index contributed by atoms with van der Waals surface area (Å²) in [4.78, 5) is 12.0. The summed E-state index contributed by atoms with van der Waals surface area (Å²) in [6, 6.07) is 0. The van der Waals surface area contributed by atoms with Crippen molar-refractivity contribution >= 4 is 5.78 Å². The van der Waals surface area contributed by atoms with E-state index < -0.39 is 0 Å². The van der Waals surface area contributed by atoms with Crippen molar-refractivity contribution in [1.29, 1.82) is 0 Å². The van der Waals surface area contributed by atoms with Crippen LogP contribution in [-0.4, -0.2) is 18.0 Å². The van der Waals surface area contributed by atoms with Crippen LogP contribution in [0.25, 0.3) is 0 Å². The van der Waals surface area contributed by atoms with Crippen LogP contribution in [0.4, 0.5) is 0 Å². The predicted octanol–water partition coefficient (Wildman–Crippen LogP) is 4.87. The third-order valence-corrected chi connectivity index (χ3v) is 8.70. The molecular formula is C23H30O2. The van der Waals surface area contributed by atoms with Crippen LogP contribution in [0.2, 0.25) is 0 Å². The highest BCUT2D eigenvalue weighted by Crippen LogP contribution is 2.67. The summed E-state index contributed by atoms with van der Waals surface area (Å²) in [6.45, 7) is 7.50. The number of ketones is 1. The van der Waals surface area contributed by atoms with E-state index in [2.05, 4.69) is 31.7 Å². The zero-order chi connectivity index (χ0) is 17.2. The van der Waals surface area contributed by atoms with Crippen molar-refractivity contribution in [2.45, 2.75) is 57.5 Å². The first-order valence-electron chi connectivity index (χ1n) is 10.3. The second-order valence-electron chi connectivity index (χ2n) is 9.38. The minimum absolute atomic E-state index is 0.00694. The van der Waals surface area contributed by atoms with Gasteiger partial charge in [-0.25, -0.2) is 0 Å². The lowest BCUT2D eigenvalue weighted by molar-refractivity contribution is -0.121. The fraction of sp³-hybridized carbons (Fsp3) is 0.696. The SMILES string of the molecule is C=CC1CC2=CC(=O)CC[C@@H]2C2CC[C@@]3(C)C(CC[C@@]34C=CCO4)C12. The lowest BCUT2D eigenvalue weighted by Gasteiger charge is -2.57. The molecule has 0 bridgehead atoms. The Hall–Kier alpha value is -1.15. The molecule has 7 atom stereocenters. The topological polar surface area (TPSA) is 26.3 Å². The van der Waals surface area contributed by atoms with Gasteiger partial charge in [0.2, 0.25) is 0 Å². The Bertz CT molecular complexity index is 674. The first-order chi connectivity index (χ1) is 12.1. The van der Waals surface area contributed by atoms with E-state index >= 15 is 0 Å². The highest BCUT2D eigenvalue weighted by atomic mass is 16.5. The molecule has 0 N–H and O–H groups in total. The van der Waals surface area contributed by atoms with Gasteiger partial charge in [0.05, 0.1) is 12.2 Å². The minimum Gasteiger partial charge on any atom is -0.366 e. The molecule has 1 heterocycles. The molecule has 0 aromatic heterocycles. The molecule has 25 heavy (non-hydrogen) atoms. The normalized spacial score (nSPS) is 51.0. The Kier molecular flexibility index (Phi) is 3.48. The third-order valence-electron chi connectivity index (χ3n) is 8.70. The van der Waals surface area contributed by atoms with Crippen molar-refractivity contribution in [3.63, 3.8) is 0 Å². The van der Waals surface area contributed by atoms with Gasteiger partial charge < -0.3 is 4.74 Å². The first kappa shape index (κ1) is 16.1. The van der Waals surface area contributed by atoms with Gasteiger partial charge in [-0.05, 0) is 74.2 Å². The molecule has 0 aromatic carbocycles. The van der Waals surface area contributed by atoms with Crippen LogP contribution >= 0.6 is 0 Å². The summed E-state index contributed by atoms with van der Waals surface area (Å²) in [7, 11) is 0. The Morgan fingerprint density at radius 3 is 2.92 bits per heavy atom. The van der Waals surface area contributed by atoms with E-state index in [-0.39, 0.29) is 11.0 Å². The van der Waals surface area contributed by atoms with E-state index in [1.54, 1.807) is 0 Å². The van der Waals surface area contributed by atoms with Crippen molar-refractivity contribution in [3.05, 3.63) is 36.5 Å². The largest absolute Gasteiger partial charge is 0.366 e. The average Bonchev–Trinajstić information content (AvgIpc) is 3.20. The summed E-state index contributed by atoms with van der Waals surface area (Å²) in [6.07, 6.45) is 16.8. The van der Waals surface area contributed by atoms with Crippen LogP contribution in [0.1, 0.15) is 51.9 Å². The van der Waals surface area contributed by atoms with E-state index in [1.165, 1.54) is 31.3 Å². The lowest BCUT2D eigenvalue weighted by Crippen LogP contribution is -2.54. The van der Waals surface area contributed by atoms with Crippen LogP contribution in [0.5, 0.6) is 0 Å². The molecule has 2 nitrogen and oxygen atoms in total. The zero-order valence-electron chi connectivity index (χ0n) is 15.4. The zero-order valence-corrected chi connectivity index (χ0v) is 15.4. The lowest BCUT2D eigenvalue weighted by atomic mass is 9.48. The van der Waals surface area contributed by atoms with Gasteiger partial charge in [-0.2, -0.15) is 0 Å². The van der Waals surface area contributed by atoms with Gasteiger partial charge in [0, 0.05) is 11.8 Å². The van der Waals surface area contributed by atoms with Gasteiger partial charge in [-0.15, -0.1) is 6.58 Å². The van der Waals surface area contributed by atoms with Gasteiger partial charge in [-0.1, -0.05) is 30.7 Å². The van der Waals surface area contributed by atoms with E-state index in [1.807, 2.05) is 6.08 Å². The van der Waals surface area contributed by atoms with Crippen LogP contribution in [0.15, 0.2) is 36.5 Å². The van der Waals surface area contributed by atoms with E-state index in [0.717, 1.165) is 43.6 Å². The Balaban J connectivity index is 1.53. The maximum absolute atomic E-state index is 12.0. The van der Waals surface area contributed by atoms with E-state index in [4.69, 9.17) is 4.74 Å². The summed E-state index contributed by atoms with van der Waals surface area (Å²) >= 11 is 0. The number of ether oxygens (including phenoxy) is 1. The number of carbonyl (C=O) groups is 1. The molecule has 3 saturated carbocycles. The molecule has 4 aliphatic carbocycles. The molecular weight excluding hydrogens is 308 g/mol. The monoisotopic (exact) mass is 338 g/mol. The van der Waals surface area contributed by atoms with Crippen molar-refractivity contribution in [3.8, 4) is 0 Å². The Labute approximate surface area is 151 Å². The van der Waals surface area contributed by atoms with Gasteiger partial charge in [0.1, 0.15) is 0 Å². The number of rotatable bonds is 1. The van der Waals surface area contributed by atoms with Gasteiger partial charge in [0.15, 0.2) is 5.78 Å². The predicted molar refractivity (Wildman–Crippen MR) is 99.0 cm³/mol. The molecule has 0 radical (unpaired) electrons. The average molecular weight is 338 g/mol. The molecule has 1 spiro atoms. The quantitative estimate of drug-likeness (QED) is 0.638. The summed E-state index contributed by atoms with van der Waals surface area (Å²) in [5.74, 6) is 3.73. The smallest absolute Gasteiger partial charge is 0.155 e. The fourth-order valence-corrected chi connectivity index (χ4v) is 7.56. The molecule has 134 valence electrons. The van der Waals surface area contributed by atoms with Crippen molar-refractivity contribution < 1.29 is 9.53 Å². The standard InChI is InChI=1S/C23H30O2/c1-3-15-13-16-14-17(24)5-6-18(16)19-7-10-22(2)20(21(15)19)8-11-23(22)9-4-12-25-23/h3-4,9,14-15,18-21H,1,5-8,10-13H2,2H3/t15?,18-,19?,20?,21?,22-,23-/m0/s1. The highest BCUT2D eigenvalue weighted by Gasteiger charge is 2.64. The van der Waals surface area contributed by atoms with Crippen LogP contribution in [-0.2, 0) is 9.53 Å². The molecule has 3 fully saturated rings. The maximum Gasteiger partial charge on any atom is 0.155 e. The maximum atomic E-state index is 12.0. The van der Waals surface area contributed by atoms with Gasteiger partial charge in [0.25, 0.3) is 0 Å². The first-order valence-corrected chi connectivity index (χ1v) is 10.3. The van der Waals surface area contributed by atoms with Gasteiger partial charge >= 0.3 is 0 Å². The molecule has 0 amide bonds. The molecule has 0 aromatic rings. The third kappa shape index (κ3) is 2.04. The van der Waals surface area contributed by atoms with Crippen LogP contribution in [0.3, 0.4) is 0 Å². The van der Waals surface area contributed by atoms with Gasteiger partial charge in [-0.3, -0.25) is 4.79 Å².